The van der Waals surface area contributed by atoms with E-state index < -0.39 is 6.04 Å². The highest BCUT2D eigenvalue weighted by atomic mass is 127. The average Bonchev–Trinajstić information content (AvgIpc) is 3.01. The van der Waals surface area contributed by atoms with Crippen LogP contribution >= 0.6 is 22.6 Å². The van der Waals surface area contributed by atoms with Gasteiger partial charge in [-0.1, -0.05) is 12.1 Å². The largest absolute Gasteiger partial charge is 0.347 e. The molecule has 1 fully saturated rings. The molecule has 3 amide bonds. The van der Waals surface area contributed by atoms with Gasteiger partial charge in [0.25, 0.3) is 5.91 Å². The zero-order chi connectivity index (χ0) is 17.0. The second kappa shape index (κ2) is 7.76. The first kappa shape index (κ1) is 17.7. The molecule has 7 heteroatoms. The van der Waals surface area contributed by atoms with Crippen molar-refractivity contribution in [2.45, 2.75) is 18.9 Å². The number of halogens is 1. The maximum Gasteiger partial charge on any atom is 0.252 e. The van der Waals surface area contributed by atoms with E-state index in [0.29, 0.717) is 18.5 Å². The number of likely N-dealkylation sites (tertiary alicyclic amines) is 1. The van der Waals surface area contributed by atoms with E-state index in [1.165, 1.54) is 4.90 Å². The first-order valence-electron chi connectivity index (χ1n) is 7.45. The lowest BCUT2D eigenvalue weighted by Gasteiger charge is -2.26. The molecule has 1 saturated heterocycles. The van der Waals surface area contributed by atoms with E-state index >= 15 is 0 Å². The quantitative estimate of drug-likeness (QED) is 0.730. The Morgan fingerprint density at radius 2 is 2.00 bits per heavy atom. The third-order valence-corrected chi connectivity index (χ3v) is 4.76. The van der Waals surface area contributed by atoms with Crippen LogP contribution < -0.4 is 5.32 Å². The second-order valence-corrected chi connectivity index (χ2v) is 6.80. The highest BCUT2D eigenvalue weighted by Crippen LogP contribution is 2.18. The van der Waals surface area contributed by atoms with Crippen LogP contribution in [0.25, 0.3) is 0 Å². The number of hydrogen-bond acceptors (Lipinski definition) is 3. The Bertz CT molecular complexity index is 618. The van der Waals surface area contributed by atoms with E-state index in [1.54, 1.807) is 31.1 Å². The Balaban J connectivity index is 1.95. The summed E-state index contributed by atoms with van der Waals surface area (Å²) in [6.07, 6.45) is 1.48. The van der Waals surface area contributed by atoms with Gasteiger partial charge in [0.2, 0.25) is 11.8 Å². The van der Waals surface area contributed by atoms with Gasteiger partial charge in [0.15, 0.2) is 0 Å². The van der Waals surface area contributed by atoms with Crippen molar-refractivity contribution in [3.05, 3.63) is 33.4 Å². The van der Waals surface area contributed by atoms with E-state index in [1.807, 2.05) is 12.1 Å². The zero-order valence-electron chi connectivity index (χ0n) is 13.2. The number of benzene rings is 1. The van der Waals surface area contributed by atoms with Crippen LogP contribution in [0.5, 0.6) is 0 Å². The SMILES string of the molecule is CN(C)C(=O)C1CCCN1C(=O)CNC(=O)c1ccccc1I. The molecular formula is C16H20IN3O3. The number of amides is 3. The predicted molar refractivity (Wildman–Crippen MR) is 94.9 cm³/mol. The first-order chi connectivity index (χ1) is 10.9. The van der Waals surface area contributed by atoms with Gasteiger partial charge in [-0.25, -0.2) is 0 Å². The lowest BCUT2D eigenvalue weighted by molar-refractivity contribution is -0.141. The minimum atomic E-state index is -0.411. The van der Waals surface area contributed by atoms with Gasteiger partial charge in [0.1, 0.15) is 6.04 Å². The number of nitrogens with one attached hydrogen (secondary N) is 1. The molecule has 0 bridgehead atoms. The molecule has 23 heavy (non-hydrogen) atoms. The summed E-state index contributed by atoms with van der Waals surface area (Å²) in [5.41, 5.74) is 0.545. The molecule has 0 radical (unpaired) electrons. The number of rotatable bonds is 4. The summed E-state index contributed by atoms with van der Waals surface area (Å²) >= 11 is 2.08. The summed E-state index contributed by atoms with van der Waals surface area (Å²) in [5, 5.41) is 2.65. The maximum absolute atomic E-state index is 12.3. The monoisotopic (exact) mass is 429 g/mol. The molecule has 1 aromatic rings. The molecule has 2 rings (SSSR count). The fraction of sp³-hybridized carbons (Fsp3) is 0.438. The van der Waals surface area contributed by atoms with Gasteiger partial charge in [-0.15, -0.1) is 0 Å². The Labute approximate surface area is 149 Å². The van der Waals surface area contributed by atoms with E-state index in [4.69, 9.17) is 0 Å². The third kappa shape index (κ3) is 4.21. The highest BCUT2D eigenvalue weighted by Gasteiger charge is 2.34. The summed E-state index contributed by atoms with van der Waals surface area (Å²) in [7, 11) is 3.37. The predicted octanol–water partition coefficient (Wildman–Crippen LogP) is 1.10. The maximum atomic E-state index is 12.3. The van der Waals surface area contributed by atoms with Crippen molar-refractivity contribution in [2.75, 3.05) is 27.2 Å². The van der Waals surface area contributed by atoms with Gasteiger partial charge in [-0.05, 0) is 47.6 Å². The lowest BCUT2D eigenvalue weighted by Crippen LogP contribution is -2.48. The van der Waals surface area contributed by atoms with Crippen molar-refractivity contribution in [1.29, 1.82) is 0 Å². The molecular weight excluding hydrogens is 409 g/mol. The molecule has 1 aliphatic heterocycles. The van der Waals surface area contributed by atoms with Crippen molar-refractivity contribution in [1.82, 2.24) is 15.1 Å². The van der Waals surface area contributed by atoms with Crippen LogP contribution in [0.1, 0.15) is 23.2 Å². The Morgan fingerprint density at radius 1 is 1.30 bits per heavy atom. The van der Waals surface area contributed by atoms with Crippen molar-refractivity contribution in [3.8, 4) is 0 Å². The molecule has 124 valence electrons. The number of hydrogen-bond donors (Lipinski definition) is 1. The van der Waals surface area contributed by atoms with Gasteiger partial charge in [0.05, 0.1) is 12.1 Å². The first-order valence-corrected chi connectivity index (χ1v) is 8.53. The summed E-state index contributed by atoms with van der Waals surface area (Å²) in [6, 6.07) is 6.78. The van der Waals surface area contributed by atoms with Crippen LogP contribution in [0.4, 0.5) is 0 Å². The molecule has 1 unspecified atom stereocenters. The van der Waals surface area contributed by atoms with Crippen LogP contribution in [0.15, 0.2) is 24.3 Å². The Hall–Kier alpha value is -1.64. The van der Waals surface area contributed by atoms with Gasteiger partial charge < -0.3 is 15.1 Å². The van der Waals surface area contributed by atoms with Gasteiger partial charge in [-0.2, -0.15) is 0 Å². The number of nitrogens with zero attached hydrogens (tertiary/aromatic N) is 2. The Kier molecular flexibility index (Phi) is 5.97. The molecule has 1 aromatic carbocycles. The van der Waals surface area contributed by atoms with Crippen molar-refractivity contribution in [2.24, 2.45) is 0 Å². The summed E-state index contributed by atoms with van der Waals surface area (Å²) in [5.74, 6) is -0.570. The molecule has 0 aromatic heterocycles. The fourth-order valence-electron chi connectivity index (χ4n) is 2.62. The van der Waals surface area contributed by atoms with E-state index in [-0.39, 0.29) is 24.3 Å². The third-order valence-electron chi connectivity index (χ3n) is 3.82. The highest BCUT2D eigenvalue weighted by molar-refractivity contribution is 14.1. The van der Waals surface area contributed by atoms with Crippen LogP contribution in [-0.2, 0) is 9.59 Å². The van der Waals surface area contributed by atoms with Crippen LogP contribution in [-0.4, -0.2) is 60.7 Å². The lowest BCUT2D eigenvalue weighted by atomic mass is 10.2. The fourth-order valence-corrected chi connectivity index (χ4v) is 3.25. The van der Waals surface area contributed by atoms with Gasteiger partial charge in [-0.3, -0.25) is 14.4 Å². The topological polar surface area (TPSA) is 69.7 Å². The van der Waals surface area contributed by atoms with Crippen LogP contribution in [0.3, 0.4) is 0 Å². The standard InChI is InChI=1S/C16H20IN3O3/c1-19(2)16(23)13-8-5-9-20(13)14(21)10-18-15(22)11-6-3-4-7-12(11)17/h3-4,6-7,13H,5,8-10H2,1-2H3,(H,18,22). The van der Waals surface area contributed by atoms with Crippen molar-refractivity contribution >= 4 is 40.3 Å². The summed E-state index contributed by atoms with van der Waals surface area (Å²) < 4.78 is 0.830. The van der Waals surface area contributed by atoms with Gasteiger partial charge in [0, 0.05) is 24.2 Å². The molecule has 0 aliphatic carbocycles. The van der Waals surface area contributed by atoms with E-state index in [2.05, 4.69) is 27.9 Å². The molecule has 6 nitrogen and oxygen atoms in total. The smallest absolute Gasteiger partial charge is 0.252 e. The molecule has 0 spiro atoms. The second-order valence-electron chi connectivity index (χ2n) is 5.64. The zero-order valence-corrected chi connectivity index (χ0v) is 15.4. The minimum absolute atomic E-state index is 0.0696. The molecule has 1 aliphatic rings. The van der Waals surface area contributed by atoms with Crippen LogP contribution in [0, 0.1) is 3.57 Å². The minimum Gasteiger partial charge on any atom is -0.347 e. The molecule has 1 N–H and O–H groups in total. The van der Waals surface area contributed by atoms with E-state index in [0.717, 1.165) is 9.99 Å². The molecule has 1 heterocycles. The van der Waals surface area contributed by atoms with E-state index in [9.17, 15) is 14.4 Å². The molecule has 0 saturated carbocycles. The Morgan fingerprint density at radius 3 is 2.65 bits per heavy atom. The van der Waals surface area contributed by atoms with Crippen LogP contribution in [0.2, 0.25) is 0 Å². The number of likely N-dealkylation sites (N-methyl/N-ethyl adjacent to an activating group) is 1. The summed E-state index contributed by atoms with van der Waals surface area (Å²) in [6.45, 7) is 0.461. The number of carbonyl (C=O) groups is 3. The normalized spacial score (nSPS) is 17.0. The summed E-state index contributed by atoms with van der Waals surface area (Å²) in [4.78, 5) is 39.7. The number of carbonyl (C=O) groups excluding carboxylic acids is 3. The molecule has 1 atom stereocenters. The van der Waals surface area contributed by atoms with Crippen molar-refractivity contribution < 1.29 is 14.4 Å². The van der Waals surface area contributed by atoms with Gasteiger partial charge >= 0.3 is 0 Å². The van der Waals surface area contributed by atoms with Crippen molar-refractivity contribution in [3.63, 3.8) is 0 Å². The average molecular weight is 429 g/mol.